The van der Waals surface area contributed by atoms with Crippen molar-refractivity contribution < 1.29 is 9.53 Å². The lowest BCUT2D eigenvalue weighted by molar-refractivity contribution is -0.141. The number of hydrogen-bond acceptors (Lipinski definition) is 4. The van der Waals surface area contributed by atoms with E-state index < -0.39 is 0 Å². The van der Waals surface area contributed by atoms with Gasteiger partial charge in [-0.2, -0.15) is 0 Å². The number of esters is 1. The van der Waals surface area contributed by atoms with Crippen LogP contribution < -0.4 is 10.6 Å². The summed E-state index contributed by atoms with van der Waals surface area (Å²) in [4.78, 5) is 14.0. The van der Waals surface area contributed by atoms with Crippen LogP contribution in [0.2, 0.25) is 0 Å². The zero-order valence-electron chi connectivity index (χ0n) is 10.6. The minimum Gasteiger partial charge on any atom is -0.467 e. The molecule has 0 heterocycles. The summed E-state index contributed by atoms with van der Waals surface area (Å²) in [7, 11) is 1.38. The van der Waals surface area contributed by atoms with Gasteiger partial charge in [0.25, 0.3) is 0 Å². The van der Waals surface area contributed by atoms with Gasteiger partial charge in [0.2, 0.25) is 0 Å². The Morgan fingerprint density at radius 2 is 2.06 bits per heavy atom. The molecule has 0 spiro atoms. The first-order valence-electron chi connectivity index (χ1n) is 5.74. The number of para-hydroxylation sites is 1. The van der Waals surface area contributed by atoms with Gasteiger partial charge < -0.3 is 15.4 Å². The Hall–Kier alpha value is -1.62. The highest BCUT2D eigenvalue weighted by atomic mass is 32.1. The quantitative estimate of drug-likeness (QED) is 0.628. The van der Waals surface area contributed by atoms with Crippen molar-refractivity contribution in [2.75, 3.05) is 18.6 Å². The van der Waals surface area contributed by atoms with E-state index in [1.807, 2.05) is 35.2 Å². The van der Waals surface area contributed by atoms with Gasteiger partial charge in [-0.3, -0.25) is 0 Å². The van der Waals surface area contributed by atoms with Gasteiger partial charge in [-0.1, -0.05) is 30.4 Å². The predicted octanol–water partition coefficient (Wildman–Crippen LogP) is 1.73. The Bertz CT molecular complexity index is 409. The summed E-state index contributed by atoms with van der Waals surface area (Å²) >= 11 is 4.88. The summed E-state index contributed by atoms with van der Waals surface area (Å²) < 4.78 is 4.78. The van der Waals surface area contributed by atoms with E-state index in [4.69, 9.17) is 22.7 Å². The number of benzene rings is 1. The fourth-order valence-corrected chi connectivity index (χ4v) is 1.79. The van der Waals surface area contributed by atoms with Crippen LogP contribution in [0.15, 0.2) is 30.3 Å². The molecule has 1 unspecified atom stereocenters. The van der Waals surface area contributed by atoms with Crippen LogP contribution in [0.1, 0.15) is 13.3 Å². The molecule has 0 aliphatic carbocycles. The second kappa shape index (κ2) is 6.96. The van der Waals surface area contributed by atoms with Crippen LogP contribution >= 0.6 is 12.2 Å². The van der Waals surface area contributed by atoms with Gasteiger partial charge in [-0.25, -0.2) is 4.79 Å². The number of hydrogen-bond donors (Lipinski definition) is 1. The third kappa shape index (κ3) is 4.00. The minimum absolute atomic E-state index is 0.276. The normalized spacial score (nSPS) is 11.7. The molecule has 1 rings (SSSR count). The molecule has 0 radical (unpaired) electrons. The molecular formula is C13H18N2O2S. The summed E-state index contributed by atoms with van der Waals surface area (Å²) in [6.45, 7) is 2.40. The topological polar surface area (TPSA) is 55.6 Å². The number of methoxy groups -OCH3 is 1. The van der Waals surface area contributed by atoms with Crippen molar-refractivity contribution in [3.05, 3.63) is 30.3 Å². The Balaban J connectivity index is 2.88. The largest absolute Gasteiger partial charge is 0.467 e. The zero-order chi connectivity index (χ0) is 13.5. The molecule has 18 heavy (non-hydrogen) atoms. The lowest BCUT2D eigenvalue weighted by atomic mass is 10.2. The monoisotopic (exact) mass is 266 g/mol. The van der Waals surface area contributed by atoms with E-state index in [2.05, 4.69) is 0 Å². The first-order valence-corrected chi connectivity index (χ1v) is 6.15. The number of nitrogens with zero attached hydrogens (tertiary/aromatic N) is 1. The van der Waals surface area contributed by atoms with Gasteiger partial charge >= 0.3 is 5.97 Å². The average molecular weight is 266 g/mol. The number of anilines is 1. The van der Waals surface area contributed by atoms with Crippen molar-refractivity contribution in [1.82, 2.24) is 0 Å². The maximum absolute atomic E-state index is 11.6. The predicted molar refractivity (Wildman–Crippen MR) is 76.7 cm³/mol. The highest BCUT2D eigenvalue weighted by Crippen LogP contribution is 2.17. The molecule has 5 heteroatoms. The maximum atomic E-state index is 11.6. The van der Waals surface area contributed by atoms with Crippen molar-refractivity contribution in [1.29, 1.82) is 0 Å². The molecule has 0 saturated carbocycles. The van der Waals surface area contributed by atoms with E-state index >= 15 is 0 Å². The van der Waals surface area contributed by atoms with Gasteiger partial charge in [-0.05, 0) is 19.1 Å². The molecule has 1 aromatic rings. The molecule has 0 bridgehead atoms. The molecule has 0 aliphatic rings. The Morgan fingerprint density at radius 1 is 1.44 bits per heavy atom. The highest BCUT2D eigenvalue weighted by molar-refractivity contribution is 7.80. The number of thiocarbonyl (C=S) groups is 1. The van der Waals surface area contributed by atoms with Crippen molar-refractivity contribution in [2.24, 2.45) is 5.73 Å². The fraction of sp³-hybridized carbons (Fsp3) is 0.385. The molecule has 4 nitrogen and oxygen atoms in total. The molecule has 0 amide bonds. The van der Waals surface area contributed by atoms with Crippen molar-refractivity contribution in [3.63, 3.8) is 0 Å². The van der Waals surface area contributed by atoms with Crippen LogP contribution in [0, 0.1) is 0 Å². The maximum Gasteiger partial charge on any atom is 0.328 e. The smallest absolute Gasteiger partial charge is 0.328 e. The average Bonchev–Trinajstić information content (AvgIpc) is 2.38. The molecule has 1 atom stereocenters. The van der Waals surface area contributed by atoms with E-state index in [1.54, 1.807) is 6.92 Å². The van der Waals surface area contributed by atoms with E-state index in [0.29, 0.717) is 18.0 Å². The van der Waals surface area contributed by atoms with Crippen LogP contribution in [0.3, 0.4) is 0 Å². The lowest BCUT2D eigenvalue weighted by Gasteiger charge is -2.29. The van der Waals surface area contributed by atoms with Gasteiger partial charge in [0.15, 0.2) is 0 Å². The molecule has 0 saturated heterocycles. The number of rotatable bonds is 6. The van der Waals surface area contributed by atoms with Crippen LogP contribution in [-0.4, -0.2) is 30.7 Å². The molecule has 1 aromatic carbocycles. The summed E-state index contributed by atoms with van der Waals surface area (Å²) in [6.07, 6.45) is 0.561. The summed E-state index contributed by atoms with van der Waals surface area (Å²) in [5.41, 5.74) is 6.47. The molecule has 0 fully saturated rings. The standard InChI is InChI=1S/C13H18N2O2S/c1-10(13(16)17-2)15(9-8-12(14)18)11-6-4-3-5-7-11/h3-7,10H,8-9H2,1-2H3,(H2,14,18). The number of ether oxygens (including phenoxy) is 1. The van der Waals surface area contributed by atoms with Crippen LogP contribution in [0.4, 0.5) is 5.69 Å². The van der Waals surface area contributed by atoms with Gasteiger partial charge in [0.05, 0.1) is 12.1 Å². The molecule has 98 valence electrons. The number of carbonyl (C=O) groups excluding carboxylic acids is 1. The Kier molecular flexibility index (Phi) is 5.58. The molecule has 0 aliphatic heterocycles. The third-order valence-electron chi connectivity index (χ3n) is 2.70. The summed E-state index contributed by atoms with van der Waals surface area (Å²) in [5.74, 6) is -0.276. The lowest BCUT2D eigenvalue weighted by Crippen LogP contribution is -2.41. The summed E-state index contributed by atoms with van der Waals surface area (Å²) in [5, 5.41) is 0. The van der Waals surface area contributed by atoms with Gasteiger partial charge in [0.1, 0.15) is 6.04 Å². The van der Waals surface area contributed by atoms with E-state index in [0.717, 1.165) is 5.69 Å². The highest BCUT2D eigenvalue weighted by Gasteiger charge is 2.22. The second-order valence-corrected chi connectivity index (χ2v) is 4.47. The van der Waals surface area contributed by atoms with Gasteiger partial charge in [-0.15, -0.1) is 0 Å². The summed E-state index contributed by atoms with van der Waals surface area (Å²) in [6, 6.07) is 9.29. The SMILES string of the molecule is COC(=O)C(C)N(CCC(N)=S)c1ccccc1. The Labute approximate surface area is 113 Å². The molecule has 2 N–H and O–H groups in total. The second-order valence-electron chi connectivity index (χ2n) is 3.94. The zero-order valence-corrected chi connectivity index (χ0v) is 11.4. The van der Waals surface area contributed by atoms with Crippen molar-refractivity contribution in [2.45, 2.75) is 19.4 Å². The number of nitrogens with two attached hydrogens (primary N) is 1. The first kappa shape index (κ1) is 14.4. The number of carbonyl (C=O) groups is 1. The van der Waals surface area contributed by atoms with Crippen LogP contribution in [0.25, 0.3) is 0 Å². The van der Waals surface area contributed by atoms with E-state index in [-0.39, 0.29) is 12.0 Å². The fourth-order valence-electron chi connectivity index (χ4n) is 1.69. The Morgan fingerprint density at radius 3 is 2.56 bits per heavy atom. The molecular weight excluding hydrogens is 248 g/mol. The van der Waals surface area contributed by atoms with Crippen molar-refractivity contribution >= 4 is 28.9 Å². The van der Waals surface area contributed by atoms with Crippen LogP contribution in [0.5, 0.6) is 0 Å². The molecule has 0 aromatic heterocycles. The minimum atomic E-state index is -0.369. The van der Waals surface area contributed by atoms with Crippen molar-refractivity contribution in [3.8, 4) is 0 Å². The van der Waals surface area contributed by atoms with Gasteiger partial charge in [0, 0.05) is 18.7 Å². The first-order chi connectivity index (χ1) is 8.56. The third-order valence-corrected chi connectivity index (χ3v) is 2.90. The van der Waals surface area contributed by atoms with E-state index in [9.17, 15) is 4.79 Å². The van der Waals surface area contributed by atoms with E-state index in [1.165, 1.54) is 7.11 Å². The van der Waals surface area contributed by atoms with Crippen LogP contribution in [-0.2, 0) is 9.53 Å².